The highest BCUT2D eigenvalue weighted by Crippen LogP contribution is 2.30. The third-order valence-electron chi connectivity index (χ3n) is 6.65. The number of carboxylic acids is 1. The van der Waals surface area contributed by atoms with Gasteiger partial charge in [-0.15, -0.1) is 10.2 Å². The Morgan fingerprint density at radius 3 is 2.33 bits per heavy atom. The number of carbonyl (C=O) groups excluding carboxylic acids is 1. The van der Waals surface area contributed by atoms with E-state index in [0.29, 0.717) is 24.5 Å². The Bertz CT molecular complexity index is 1640. The van der Waals surface area contributed by atoms with E-state index in [4.69, 9.17) is 4.74 Å². The fraction of sp³-hybridized carbons (Fsp3) is 0.200. The van der Waals surface area contributed by atoms with E-state index in [1.807, 2.05) is 61.5 Å². The summed E-state index contributed by atoms with van der Waals surface area (Å²) in [5.41, 5.74) is 5.06. The fourth-order valence-electron chi connectivity index (χ4n) is 4.61. The molecule has 3 aromatic carbocycles. The highest BCUT2D eigenvalue weighted by atomic mass is 16.5. The first-order valence-corrected chi connectivity index (χ1v) is 13.3. The third kappa shape index (κ3) is 6.50. The number of carbonyl (C=O) groups is 2. The van der Waals surface area contributed by atoms with Gasteiger partial charge in [-0.3, -0.25) is 4.79 Å². The number of tetrazole rings is 1. The number of hydrogen-bond donors (Lipinski definition) is 5. The lowest BCUT2D eigenvalue weighted by molar-refractivity contribution is -0.148. The zero-order valence-corrected chi connectivity index (χ0v) is 22.7. The molecule has 2 aromatic heterocycles. The van der Waals surface area contributed by atoms with Gasteiger partial charge in [0.25, 0.3) is 5.91 Å². The number of ether oxygens (including phenoxy) is 1. The summed E-state index contributed by atoms with van der Waals surface area (Å²) in [6.45, 7) is 2.15. The number of aliphatic hydroxyl groups is 1. The van der Waals surface area contributed by atoms with Crippen LogP contribution in [0.3, 0.4) is 0 Å². The predicted octanol–water partition coefficient (Wildman–Crippen LogP) is 3.03. The summed E-state index contributed by atoms with van der Waals surface area (Å²) in [5.74, 6) is -1.37. The van der Waals surface area contributed by atoms with Crippen molar-refractivity contribution in [2.45, 2.75) is 31.9 Å². The van der Waals surface area contributed by atoms with Crippen molar-refractivity contribution in [2.24, 2.45) is 0 Å². The van der Waals surface area contributed by atoms with E-state index in [2.05, 4.69) is 35.9 Å². The molecule has 0 spiro atoms. The van der Waals surface area contributed by atoms with E-state index in [-0.39, 0.29) is 18.1 Å². The number of rotatable bonds is 12. The maximum Gasteiger partial charge on any atom is 0.334 e. The first-order valence-electron chi connectivity index (χ1n) is 13.3. The molecular weight excluding hydrogens is 538 g/mol. The van der Waals surface area contributed by atoms with Gasteiger partial charge in [0, 0.05) is 12.0 Å². The maximum absolute atomic E-state index is 13.1. The Balaban J connectivity index is 1.34. The van der Waals surface area contributed by atoms with Crippen LogP contribution in [0.25, 0.3) is 22.5 Å². The Labute approximate surface area is 240 Å². The van der Waals surface area contributed by atoms with Gasteiger partial charge in [-0.2, -0.15) is 10.2 Å². The fourth-order valence-corrected chi connectivity index (χ4v) is 4.61. The number of nitrogens with zero attached hydrogens (tertiary/aromatic N) is 4. The minimum absolute atomic E-state index is 0.0465. The summed E-state index contributed by atoms with van der Waals surface area (Å²) >= 11 is 0. The van der Waals surface area contributed by atoms with Gasteiger partial charge < -0.3 is 25.3 Å². The normalized spacial score (nSPS) is 12.4. The predicted molar refractivity (Wildman–Crippen MR) is 153 cm³/mol. The Morgan fingerprint density at radius 1 is 0.952 bits per heavy atom. The van der Waals surface area contributed by atoms with Crippen LogP contribution in [-0.2, 0) is 17.6 Å². The second-order valence-electron chi connectivity index (χ2n) is 9.51. The average Bonchev–Trinajstić information content (AvgIpc) is 3.68. The monoisotopic (exact) mass is 567 g/mol. The average molecular weight is 568 g/mol. The van der Waals surface area contributed by atoms with Crippen molar-refractivity contribution in [1.82, 2.24) is 35.9 Å². The highest BCUT2D eigenvalue weighted by molar-refractivity contribution is 5.91. The van der Waals surface area contributed by atoms with Gasteiger partial charge in [-0.1, -0.05) is 78.9 Å². The molecule has 214 valence electrons. The summed E-state index contributed by atoms with van der Waals surface area (Å²) in [4.78, 5) is 32.0. The largest absolute Gasteiger partial charge is 0.479 e. The van der Waals surface area contributed by atoms with Crippen LogP contribution in [0, 0.1) is 0 Å². The van der Waals surface area contributed by atoms with Gasteiger partial charge in [0.05, 0.1) is 18.3 Å². The molecule has 5 aromatic rings. The van der Waals surface area contributed by atoms with Crippen LogP contribution in [0.5, 0.6) is 5.88 Å². The second-order valence-corrected chi connectivity index (χ2v) is 9.51. The molecule has 0 saturated heterocycles. The lowest BCUT2D eigenvalue weighted by Gasteiger charge is -2.21. The van der Waals surface area contributed by atoms with Crippen molar-refractivity contribution in [2.75, 3.05) is 6.61 Å². The van der Waals surface area contributed by atoms with Gasteiger partial charge in [0.1, 0.15) is 0 Å². The molecule has 12 nitrogen and oxygen atoms in total. The highest BCUT2D eigenvalue weighted by Gasteiger charge is 2.29. The van der Waals surface area contributed by atoms with Crippen LogP contribution < -0.4 is 10.1 Å². The van der Waals surface area contributed by atoms with Gasteiger partial charge in [0.15, 0.2) is 11.9 Å². The number of aromatic nitrogens is 6. The van der Waals surface area contributed by atoms with Crippen molar-refractivity contribution in [3.63, 3.8) is 0 Å². The number of aromatic amines is 2. The molecule has 0 aliphatic rings. The minimum atomic E-state index is -1.81. The topological polar surface area (TPSA) is 179 Å². The second kappa shape index (κ2) is 12.9. The van der Waals surface area contributed by atoms with E-state index in [1.165, 1.54) is 0 Å². The van der Waals surface area contributed by atoms with Crippen LogP contribution in [0.15, 0.2) is 78.9 Å². The Morgan fingerprint density at radius 2 is 1.67 bits per heavy atom. The molecule has 0 radical (unpaired) electrons. The van der Waals surface area contributed by atoms with E-state index in [9.17, 15) is 19.8 Å². The molecular formula is C30H29N7O5. The number of aliphatic hydroxyl groups excluding tert-OH is 1. The van der Waals surface area contributed by atoms with Crippen LogP contribution in [-0.4, -0.2) is 71.4 Å². The number of imidazole rings is 1. The third-order valence-corrected chi connectivity index (χ3v) is 6.65. The van der Waals surface area contributed by atoms with E-state index in [0.717, 1.165) is 27.8 Å². The van der Waals surface area contributed by atoms with Crippen molar-refractivity contribution in [3.8, 4) is 28.4 Å². The van der Waals surface area contributed by atoms with Crippen LogP contribution >= 0.6 is 0 Å². The van der Waals surface area contributed by atoms with Crippen molar-refractivity contribution in [1.29, 1.82) is 0 Å². The summed E-state index contributed by atoms with van der Waals surface area (Å²) < 4.78 is 5.69. The SMILES string of the molecule is CCOc1nc(C(=O)NC(Cc2ccccc2)C(O)C(=O)O)[nH]c1Cc1ccc(-c2ccccc2-c2nn[nH]n2)cc1. The first-order chi connectivity index (χ1) is 20.4. The molecule has 0 aliphatic heterocycles. The quantitative estimate of drug-likeness (QED) is 0.151. The van der Waals surface area contributed by atoms with E-state index in [1.54, 1.807) is 24.3 Å². The Kier molecular flexibility index (Phi) is 8.64. The maximum atomic E-state index is 13.1. The van der Waals surface area contributed by atoms with Crippen LogP contribution in [0.2, 0.25) is 0 Å². The molecule has 2 atom stereocenters. The molecule has 0 bridgehead atoms. The van der Waals surface area contributed by atoms with Crippen molar-refractivity contribution < 1.29 is 24.5 Å². The van der Waals surface area contributed by atoms with Crippen molar-refractivity contribution in [3.05, 3.63) is 102 Å². The van der Waals surface area contributed by atoms with Gasteiger partial charge in [-0.05, 0) is 40.8 Å². The smallest absolute Gasteiger partial charge is 0.334 e. The number of hydrogen-bond acceptors (Lipinski definition) is 8. The number of benzene rings is 3. The van der Waals surface area contributed by atoms with Crippen molar-refractivity contribution >= 4 is 11.9 Å². The first kappa shape index (κ1) is 28.2. The number of nitrogens with one attached hydrogen (secondary N) is 3. The van der Waals surface area contributed by atoms with E-state index < -0.39 is 24.0 Å². The summed E-state index contributed by atoms with van der Waals surface area (Å²) in [5, 5.41) is 36.6. The summed E-state index contributed by atoms with van der Waals surface area (Å²) in [7, 11) is 0. The van der Waals surface area contributed by atoms with Gasteiger partial charge in [0.2, 0.25) is 11.7 Å². The molecule has 0 fully saturated rings. The lowest BCUT2D eigenvalue weighted by Crippen LogP contribution is -2.48. The number of carboxylic acid groups (broad SMARTS) is 1. The molecule has 2 unspecified atom stereocenters. The van der Waals surface area contributed by atoms with Gasteiger partial charge in [-0.25, -0.2) is 4.79 Å². The van der Waals surface area contributed by atoms with Crippen LogP contribution in [0.1, 0.15) is 34.4 Å². The zero-order valence-electron chi connectivity index (χ0n) is 22.7. The summed E-state index contributed by atoms with van der Waals surface area (Å²) in [6.07, 6.45) is -1.29. The zero-order chi connectivity index (χ0) is 29.5. The molecule has 2 heterocycles. The molecule has 5 N–H and O–H groups in total. The lowest BCUT2D eigenvalue weighted by atomic mass is 9.97. The number of amides is 1. The van der Waals surface area contributed by atoms with Gasteiger partial charge >= 0.3 is 5.97 Å². The molecule has 5 rings (SSSR count). The summed E-state index contributed by atoms with van der Waals surface area (Å²) in [6, 6.07) is 23.6. The van der Waals surface area contributed by atoms with E-state index >= 15 is 0 Å². The Hall–Kier alpha value is -5.36. The molecule has 0 saturated carbocycles. The van der Waals surface area contributed by atoms with Crippen LogP contribution in [0.4, 0.5) is 0 Å². The number of aliphatic carboxylic acids is 1. The molecule has 12 heteroatoms. The minimum Gasteiger partial charge on any atom is -0.479 e. The molecule has 42 heavy (non-hydrogen) atoms. The molecule has 1 amide bonds. The number of H-pyrrole nitrogens is 2. The standard InChI is InChI=1S/C30H29N7O5/c1-2-42-29-24(17-19-12-14-20(15-13-19)21-10-6-7-11-22(21)26-34-36-37-35-26)31-27(33-29)28(39)32-23(25(38)30(40)41)16-18-8-4-3-5-9-18/h3-15,23,25,38H,2,16-17H2,1H3,(H,31,33)(H,32,39)(H,40,41)(H,34,35,36,37). The molecule has 0 aliphatic carbocycles.